The highest BCUT2D eigenvalue weighted by molar-refractivity contribution is 5.94. The molecule has 0 aliphatic rings. The van der Waals surface area contributed by atoms with Crippen molar-refractivity contribution < 1.29 is 23.1 Å². The number of halogens is 3. The van der Waals surface area contributed by atoms with Crippen molar-refractivity contribution in [3.05, 3.63) is 35.1 Å². The third-order valence-electron chi connectivity index (χ3n) is 2.12. The number of hydrogen-bond acceptors (Lipinski definition) is 2. The highest BCUT2D eigenvalue weighted by atomic mass is 19.2. The molecule has 0 radical (unpaired) electrons. The van der Waals surface area contributed by atoms with Gasteiger partial charge in [0.15, 0.2) is 17.5 Å². The Morgan fingerprint density at radius 3 is 2.24 bits per heavy atom. The van der Waals surface area contributed by atoms with Crippen LogP contribution in [0.15, 0.2) is 12.1 Å². The second-order valence-electron chi connectivity index (χ2n) is 3.79. The molecular formula is C11H12F3NO2. The molecule has 3 nitrogen and oxygen atoms in total. The summed E-state index contributed by atoms with van der Waals surface area (Å²) in [6, 6.07) is 1.25. The van der Waals surface area contributed by atoms with Gasteiger partial charge < -0.3 is 10.0 Å². The number of carbonyl (C=O) groups excluding carboxylic acids is 1. The first-order valence-corrected chi connectivity index (χ1v) is 4.91. The summed E-state index contributed by atoms with van der Waals surface area (Å²) in [5, 5.41) is 9.07. The second kappa shape index (κ2) is 5.18. The molecule has 0 spiro atoms. The first kappa shape index (κ1) is 13.5. The van der Waals surface area contributed by atoms with Crippen LogP contribution in [0, 0.1) is 17.5 Å². The molecule has 1 atom stereocenters. The largest absolute Gasteiger partial charge is 0.392 e. The van der Waals surface area contributed by atoms with Gasteiger partial charge in [-0.15, -0.1) is 0 Å². The van der Waals surface area contributed by atoms with Gasteiger partial charge in [0.05, 0.1) is 6.10 Å². The van der Waals surface area contributed by atoms with E-state index >= 15 is 0 Å². The SMILES string of the molecule is CC(O)CN(C)C(=O)c1cc(F)c(F)c(F)c1. The van der Waals surface area contributed by atoms with E-state index in [0.717, 1.165) is 4.90 Å². The van der Waals surface area contributed by atoms with Gasteiger partial charge in [0.25, 0.3) is 5.91 Å². The molecule has 1 aromatic carbocycles. The van der Waals surface area contributed by atoms with E-state index in [1.807, 2.05) is 0 Å². The molecule has 0 bridgehead atoms. The summed E-state index contributed by atoms with van der Waals surface area (Å²) in [6.45, 7) is 1.48. The lowest BCUT2D eigenvalue weighted by Crippen LogP contribution is -2.33. The summed E-state index contributed by atoms with van der Waals surface area (Å²) in [5.41, 5.74) is -0.301. The molecule has 94 valence electrons. The van der Waals surface area contributed by atoms with Gasteiger partial charge in [0.1, 0.15) is 0 Å². The number of carbonyl (C=O) groups is 1. The molecule has 0 heterocycles. The van der Waals surface area contributed by atoms with E-state index in [-0.39, 0.29) is 12.1 Å². The Morgan fingerprint density at radius 2 is 1.82 bits per heavy atom. The van der Waals surface area contributed by atoms with Gasteiger partial charge in [-0.25, -0.2) is 13.2 Å². The third-order valence-corrected chi connectivity index (χ3v) is 2.12. The molecule has 0 aromatic heterocycles. The van der Waals surface area contributed by atoms with E-state index in [9.17, 15) is 18.0 Å². The van der Waals surface area contributed by atoms with Crippen LogP contribution in [-0.4, -0.2) is 35.6 Å². The van der Waals surface area contributed by atoms with Crippen molar-refractivity contribution in [1.82, 2.24) is 4.90 Å². The Hall–Kier alpha value is -1.56. The van der Waals surface area contributed by atoms with Gasteiger partial charge in [-0.3, -0.25) is 4.79 Å². The molecular weight excluding hydrogens is 235 g/mol. The van der Waals surface area contributed by atoms with Crippen molar-refractivity contribution >= 4 is 5.91 Å². The lowest BCUT2D eigenvalue weighted by Gasteiger charge is -2.18. The van der Waals surface area contributed by atoms with Crippen LogP contribution in [-0.2, 0) is 0 Å². The summed E-state index contributed by atoms with van der Waals surface area (Å²) in [5.74, 6) is -5.14. The molecule has 1 N–H and O–H groups in total. The minimum atomic E-state index is -1.61. The fraction of sp³-hybridized carbons (Fsp3) is 0.364. The first-order valence-electron chi connectivity index (χ1n) is 4.91. The minimum Gasteiger partial charge on any atom is -0.392 e. The highest BCUT2D eigenvalue weighted by Gasteiger charge is 2.18. The molecule has 6 heteroatoms. The number of amides is 1. The Bertz CT molecular complexity index is 412. The zero-order valence-corrected chi connectivity index (χ0v) is 9.38. The fourth-order valence-corrected chi connectivity index (χ4v) is 1.38. The smallest absolute Gasteiger partial charge is 0.253 e. The summed E-state index contributed by atoms with van der Waals surface area (Å²) < 4.78 is 38.5. The van der Waals surface area contributed by atoms with Crippen molar-refractivity contribution in [2.24, 2.45) is 0 Å². The maximum absolute atomic E-state index is 12.9. The van der Waals surface area contributed by atoms with E-state index in [2.05, 4.69) is 0 Å². The van der Waals surface area contributed by atoms with Crippen LogP contribution in [0.5, 0.6) is 0 Å². The first-order chi connectivity index (χ1) is 7.82. The van der Waals surface area contributed by atoms with Crippen molar-refractivity contribution in [3.8, 4) is 0 Å². The number of aliphatic hydroxyl groups is 1. The second-order valence-corrected chi connectivity index (χ2v) is 3.79. The lowest BCUT2D eigenvalue weighted by atomic mass is 10.1. The van der Waals surface area contributed by atoms with Crippen molar-refractivity contribution in [1.29, 1.82) is 0 Å². The fourth-order valence-electron chi connectivity index (χ4n) is 1.38. The predicted octanol–water partition coefficient (Wildman–Crippen LogP) is 1.56. The Balaban J connectivity index is 2.97. The van der Waals surface area contributed by atoms with E-state index < -0.39 is 29.5 Å². The van der Waals surface area contributed by atoms with Gasteiger partial charge in [-0.1, -0.05) is 0 Å². The molecule has 1 unspecified atom stereocenters. The Morgan fingerprint density at radius 1 is 1.35 bits per heavy atom. The highest BCUT2D eigenvalue weighted by Crippen LogP contribution is 2.14. The van der Waals surface area contributed by atoms with Crippen LogP contribution < -0.4 is 0 Å². The standard InChI is InChI=1S/C11H12F3NO2/c1-6(16)5-15(2)11(17)7-3-8(12)10(14)9(13)4-7/h3-4,6,16H,5H2,1-2H3. The van der Waals surface area contributed by atoms with E-state index in [0.29, 0.717) is 12.1 Å². The number of aliphatic hydroxyl groups excluding tert-OH is 1. The summed E-state index contributed by atoms with van der Waals surface area (Å²) in [4.78, 5) is 12.7. The molecule has 0 fully saturated rings. The van der Waals surface area contributed by atoms with Gasteiger partial charge in [-0.05, 0) is 19.1 Å². The van der Waals surface area contributed by atoms with Gasteiger partial charge >= 0.3 is 0 Å². The average molecular weight is 247 g/mol. The van der Waals surface area contributed by atoms with Crippen LogP contribution in [0.25, 0.3) is 0 Å². The van der Waals surface area contributed by atoms with Crippen molar-refractivity contribution in [2.45, 2.75) is 13.0 Å². The molecule has 1 rings (SSSR count). The predicted molar refractivity (Wildman–Crippen MR) is 55.0 cm³/mol. The number of hydrogen-bond donors (Lipinski definition) is 1. The lowest BCUT2D eigenvalue weighted by molar-refractivity contribution is 0.0702. The normalized spacial score (nSPS) is 12.4. The molecule has 17 heavy (non-hydrogen) atoms. The van der Waals surface area contributed by atoms with Crippen LogP contribution in [0.4, 0.5) is 13.2 Å². The van der Waals surface area contributed by atoms with E-state index in [1.54, 1.807) is 0 Å². The van der Waals surface area contributed by atoms with Gasteiger partial charge in [-0.2, -0.15) is 0 Å². The number of likely N-dealkylation sites (N-methyl/N-ethyl adjacent to an activating group) is 1. The van der Waals surface area contributed by atoms with Gasteiger partial charge in [0, 0.05) is 19.2 Å². The number of nitrogens with zero attached hydrogens (tertiary/aromatic N) is 1. The molecule has 1 aromatic rings. The van der Waals surface area contributed by atoms with Crippen LogP contribution >= 0.6 is 0 Å². The zero-order chi connectivity index (χ0) is 13.2. The quantitative estimate of drug-likeness (QED) is 0.823. The average Bonchev–Trinajstić information content (AvgIpc) is 2.23. The molecule has 0 saturated heterocycles. The number of benzene rings is 1. The number of rotatable bonds is 3. The van der Waals surface area contributed by atoms with Crippen LogP contribution in [0.1, 0.15) is 17.3 Å². The summed E-state index contributed by atoms with van der Waals surface area (Å²) in [6.07, 6.45) is -0.765. The van der Waals surface area contributed by atoms with E-state index in [4.69, 9.17) is 5.11 Å². The minimum absolute atomic E-state index is 0.0133. The van der Waals surface area contributed by atoms with Crippen LogP contribution in [0.3, 0.4) is 0 Å². The summed E-state index contributed by atoms with van der Waals surface area (Å²) >= 11 is 0. The van der Waals surface area contributed by atoms with Crippen LogP contribution in [0.2, 0.25) is 0 Å². The maximum atomic E-state index is 12.9. The summed E-state index contributed by atoms with van der Waals surface area (Å²) in [7, 11) is 1.37. The molecule has 0 aliphatic carbocycles. The topological polar surface area (TPSA) is 40.5 Å². The Labute approximate surface area is 96.5 Å². The van der Waals surface area contributed by atoms with E-state index in [1.165, 1.54) is 14.0 Å². The monoisotopic (exact) mass is 247 g/mol. The molecule has 0 aliphatic heterocycles. The van der Waals surface area contributed by atoms with Crippen molar-refractivity contribution in [2.75, 3.05) is 13.6 Å². The van der Waals surface area contributed by atoms with Crippen molar-refractivity contribution in [3.63, 3.8) is 0 Å². The molecule has 0 saturated carbocycles. The third kappa shape index (κ3) is 3.20. The zero-order valence-electron chi connectivity index (χ0n) is 9.38. The van der Waals surface area contributed by atoms with Gasteiger partial charge in [0.2, 0.25) is 0 Å². The molecule has 1 amide bonds. The Kier molecular flexibility index (Phi) is 4.11. The maximum Gasteiger partial charge on any atom is 0.253 e.